The van der Waals surface area contributed by atoms with Crippen LogP contribution in [0, 0.1) is 11.6 Å². The standard InChI is InChI=1S/C19H21F2NO3/c20-17-7-6-14(10-18(17)21)19-12-22(8-9-24-19)11-15(23)13-25-16-4-2-1-3-5-16/h1-7,10,15,19,23H,8-9,11-13H2. The maximum Gasteiger partial charge on any atom is 0.159 e. The zero-order valence-electron chi connectivity index (χ0n) is 13.8. The van der Waals surface area contributed by atoms with Crippen LogP contribution >= 0.6 is 0 Å². The van der Waals surface area contributed by atoms with Gasteiger partial charge in [0.05, 0.1) is 12.7 Å². The van der Waals surface area contributed by atoms with Gasteiger partial charge in [0.15, 0.2) is 11.6 Å². The third-order valence-corrected chi connectivity index (χ3v) is 4.12. The van der Waals surface area contributed by atoms with E-state index in [-0.39, 0.29) is 12.7 Å². The zero-order chi connectivity index (χ0) is 17.6. The van der Waals surface area contributed by atoms with E-state index < -0.39 is 17.7 Å². The average Bonchev–Trinajstić information content (AvgIpc) is 2.63. The Balaban J connectivity index is 1.51. The lowest BCUT2D eigenvalue weighted by atomic mass is 10.1. The summed E-state index contributed by atoms with van der Waals surface area (Å²) in [6.45, 7) is 2.26. The van der Waals surface area contributed by atoms with Gasteiger partial charge in [-0.3, -0.25) is 4.90 Å². The van der Waals surface area contributed by atoms with Gasteiger partial charge in [-0.15, -0.1) is 0 Å². The van der Waals surface area contributed by atoms with Gasteiger partial charge in [-0.1, -0.05) is 24.3 Å². The van der Waals surface area contributed by atoms with Crippen LogP contribution in [0.2, 0.25) is 0 Å². The van der Waals surface area contributed by atoms with Crippen LogP contribution in [0.25, 0.3) is 0 Å². The van der Waals surface area contributed by atoms with Crippen molar-refractivity contribution in [2.24, 2.45) is 0 Å². The summed E-state index contributed by atoms with van der Waals surface area (Å²) in [7, 11) is 0. The van der Waals surface area contributed by atoms with Gasteiger partial charge < -0.3 is 14.6 Å². The van der Waals surface area contributed by atoms with E-state index in [0.29, 0.717) is 37.6 Å². The molecule has 6 heteroatoms. The first-order chi connectivity index (χ1) is 12.1. The van der Waals surface area contributed by atoms with Crippen molar-refractivity contribution in [3.05, 3.63) is 65.7 Å². The van der Waals surface area contributed by atoms with Gasteiger partial charge in [0, 0.05) is 19.6 Å². The minimum Gasteiger partial charge on any atom is -0.491 e. The molecule has 3 rings (SSSR count). The second kappa shape index (κ2) is 8.38. The second-order valence-corrected chi connectivity index (χ2v) is 6.07. The van der Waals surface area contributed by atoms with Crippen molar-refractivity contribution >= 4 is 0 Å². The average molecular weight is 349 g/mol. The predicted molar refractivity (Wildman–Crippen MR) is 89.4 cm³/mol. The molecule has 2 atom stereocenters. The van der Waals surface area contributed by atoms with E-state index in [2.05, 4.69) is 0 Å². The summed E-state index contributed by atoms with van der Waals surface area (Å²) in [6.07, 6.45) is -0.991. The highest BCUT2D eigenvalue weighted by atomic mass is 19.2. The molecule has 0 aromatic heterocycles. The molecule has 0 bridgehead atoms. The molecule has 4 nitrogen and oxygen atoms in total. The lowest BCUT2D eigenvalue weighted by molar-refractivity contribution is -0.0460. The number of nitrogens with zero attached hydrogens (tertiary/aromatic N) is 1. The summed E-state index contributed by atoms with van der Waals surface area (Å²) in [5.41, 5.74) is 0.596. The summed E-state index contributed by atoms with van der Waals surface area (Å²) in [5, 5.41) is 10.2. The molecule has 0 saturated carbocycles. The van der Waals surface area contributed by atoms with Gasteiger partial charge in [-0.05, 0) is 29.8 Å². The van der Waals surface area contributed by atoms with Crippen LogP contribution < -0.4 is 4.74 Å². The fraction of sp³-hybridized carbons (Fsp3) is 0.368. The van der Waals surface area contributed by atoms with Crippen LogP contribution in [0.1, 0.15) is 11.7 Å². The Morgan fingerprint density at radius 3 is 2.72 bits per heavy atom. The number of morpholine rings is 1. The maximum atomic E-state index is 13.4. The Labute approximate surface area is 145 Å². The van der Waals surface area contributed by atoms with Gasteiger partial charge in [-0.2, -0.15) is 0 Å². The number of ether oxygens (including phenoxy) is 2. The van der Waals surface area contributed by atoms with Crippen molar-refractivity contribution in [1.82, 2.24) is 4.90 Å². The minimum absolute atomic E-state index is 0.192. The predicted octanol–water partition coefficient (Wildman–Crippen LogP) is 2.78. The first-order valence-electron chi connectivity index (χ1n) is 8.26. The number of hydrogen-bond acceptors (Lipinski definition) is 4. The Bertz CT molecular complexity index is 684. The highest BCUT2D eigenvalue weighted by Gasteiger charge is 2.24. The Kier molecular flexibility index (Phi) is 5.96. The molecular weight excluding hydrogens is 328 g/mol. The van der Waals surface area contributed by atoms with Gasteiger partial charge in [-0.25, -0.2) is 8.78 Å². The molecule has 0 aliphatic carbocycles. The first kappa shape index (κ1) is 17.8. The monoisotopic (exact) mass is 349 g/mol. The number of benzene rings is 2. The van der Waals surface area contributed by atoms with Crippen molar-refractivity contribution < 1.29 is 23.4 Å². The third-order valence-electron chi connectivity index (χ3n) is 4.12. The van der Waals surface area contributed by atoms with Gasteiger partial charge in [0.25, 0.3) is 0 Å². The second-order valence-electron chi connectivity index (χ2n) is 6.07. The SMILES string of the molecule is OC(COc1ccccc1)CN1CCOC(c2ccc(F)c(F)c2)C1. The van der Waals surface area contributed by atoms with Crippen molar-refractivity contribution in [3.63, 3.8) is 0 Å². The quantitative estimate of drug-likeness (QED) is 0.871. The summed E-state index contributed by atoms with van der Waals surface area (Å²) < 4.78 is 37.7. The van der Waals surface area contributed by atoms with Gasteiger partial charge in [0.1, 0.15) is 18.5 Å². The van der Waals surface area contributed by atoms with Gasteiger partial charge >= 0.3 is 0 Å². The number of aliphatic hydroxyl groups is 1. The molecule has 2 unspecified atom stereocenters. The van der Waals surface area contributed by atoms with Crippen molar-refractivity contribution in [2.45, 2.75) is 12.2 Å². The van der Waals surface area contributed by atoms with E-state index in [1.54, 1.807) is 0 Å². The van der Waals surface area contributed by atoms with E-state index in [9.17, 15) is 13.9 Å². The number of aliphatic hydroxyl groups excluding tert-OH is 1. The largest absolute Gasteiger partial charge is 0.491 e. The molecule has 25 heavy (non-hydrogen) atoms. The van der Waals surface area contributed by atoms with Crippen LogP contribution in [0.15, 0.2) is 48.5 Å². The summed E-state index contributed by atoms with van der Waals surface area (Å²) in [5.74, 6) is -1.04. The van der Waals surface area contributed by atoms with Crippen LogP contribution in [0.3, 0.4) is 0 Å². The van der Waals surface area contributed by atoms with E-state index >= 15 is 0 Å². The Hall–Kier alpha value is -2.02. The summed E-state index contributed by atoms with van der Waals surface area (Å²) >= 11 is 0. The lowest BCUT2D eigenvalue weighted by Crippen LogP contribution is -2.43. The number of para-hydroxylation sites is 1. The van der Waals surface area contributed by atoms with E-state index in [0.717, 1.165) is 6.07 Å². The fourth-order valence-corrected chi connectivity index (χ4v) is 2.84. The molecule has 1 aliphatic heterocycles. The number of rotatable bonds is 6. The van der Waals surface area contributed by atoms with Crippen LogP contribution in [0.4, 0.5) is 8.78 Å². The highest BCUT2D eigenvalue weighted by Crippen LogP contribution is 2.24. The van der Waals surface area contributed by atoms with Crippen LogP contribution in [-0.2, 0) is 4.74 Å². The molecule has 2 aromatic rings. The number of β-amino-alcohol motifs (C(OH)–C–C–N with tert-alkyl or cyclic N) is 1. The molecule has 1 saturated heterocycles. The van der Waals surface area contributed by atoms with Crippen LogP contribution in [-0.4, -0.2) is 49.0 Å². The zero-order valence-corrected chi connectivity index (χ0v) is 13.8. The van der Waals surface area contributed by atoms with Gasteiger partial charge in [0.2, 0.25) is 0 Å². The maximum absolute atomic E-state index is 13.4. The molecule has 2 aromatic carbocycles. The summed E-state index contributed by atoms with van der Waals surface area (Å²) in [6, 6.07) is 13.1. The third kappa shape index (κ3) is 4.98. The molecular formula is C19H21F2NO3. The lowest BCUT2D eigenvalue weighted by Gasteiger charge is -2.34. The Morgan fingerprint density at radius 2 is 1.96 bits per heavy atom. The van der Waals surface area contributed by atoms with E-state index in [1.807, 2.05) is 35.2 Å². The van der Waals surface area contributed by atoms with Crippen molar-refractivity contribution in [3.8, 4) is 5.75 Å². The molecule has 1 aliphatic rings. The van der Waals surface area contributed by atoms with Crippen LogP contribution in [0.5, 0.6) is 5.75 Å². The minimum atomic E-state index is -0.880. The highest BCUT2D eigenvalue weighted by molar-refractivity contribution is 5.21. The fourth-order valence-electron chi connectivity index (χ4n) is 2.84. The number of hydrogen-bond donors (Lipinski definition) is 1. The smallest absolute Gasteiger partial charge is 0.159 e. The van der Waals surface area contributed by atoms with Crippen molar-refractivity contribution in [1.29, 1.82) is 0 Å². The molecule has 1 heterocycles. The first-order valence-corrected chi connectivity index (χ1v) is 8.26. The summed E-state index contributed by atoms with van der Waals surface area (Å²) in [4.78, 5) is 2.04. The number of halogens is 2. The molecule has 0 spiro atoms. The molecule has 0 amide bonds. The van der Waals surface area contributed by atoms with E-state index in [4.69, 9.17) is 9.47 Å². The van der Waals surface area contributed by atoms with Crippen molar-refractivity contribution in [2.75, 3.05) is 32.8 Å². The normalized spacial score (nSPS) is 19.6. The molecule has 134 valence electrons. The van der Waals surface area contributed by atoms with E-state index in [1.165, 1.54) is 12.1 Å². The topological polar surface area (TPSA) is 41.9 Å². The molecule has 1 fully saturated rings. The Morgan fingerprint density at radius 1 is 1.16 bits per heavy atom. The molecule has 1 N–H and O–H groups in total. The molecule has 0 radical (unpaired) electrons.